The van der Waals surface area contributed by atoms with Crippen LogP contribution < -0.4 is 9.46 Å². The molecule has 1 N–H and O–H groups in total. The number of methoxy groups -OCH3 is 1. The molecule has 1 saturated heterocycles. The van der Waals surface area contributed by atoms with E-state index in [2.05, 4.69) is 4.72 Å². The third-order valence-electron chi connectivity index (χ3n) is 5.54. The van der Waals surface area contributed by atoms with Crippen LogP contribution in [0, 0.1) is 0 Å². The number of likely N-dealkylation sites (tertiary alicyclic amines) is 1. The van der Waals surface area contributed by atoms with Crippen LogP contribution in [0.2, 0.25) is 0 Å². The average Bonchev–Trinajstić information content (AvgIpc) is 3.07. The lowest BCUT2D eigenvalue weighted by Crippen LogP contribution is -2.32. The van der Waals surface area contributed by atoms with Crippen LogP contribution in [-0.2, 0) is 10.0 Å². The van der Waals surface area contributed by atoms with Gasteiger partial charge in [-0.3, -0.25) is 4.79 Å². The molecule has 1 fully saturated rings. The predicted molar refractivity (Wildman–Crippen MR) is 124 cm³/mol. The molecule has 0 saturated carbocycles. The first-order valence-electron chi connectivity index (χ1n) is 10.5. The number of hydrogen-bond acceptors (Lipinski definition) is 5. The number of benzene rings is 2. The molecule has 8 heteroatoms. The van der Waals surface area contributed by atoms with Gasteiger partial charge in [-0.25, -0.2) is 13.1 Å². The highest BCUT2D eigenvalue weighted by Crippen LogP contribution is 2.29. The van der Waals surface area contributed by atoms with Crippen LogP contribution in [0.5, 0.6) is 5.75 Å². The maximum atomic E-state index is 13.2. The van der Waals surface area contributed by atoms with E-state index in [0.717, 1.165) is 36.1 Å². The van der Waals surface area contributed by atoms with Gasteiger partial charge in [0.25, 0.3) is 5.91 Å². The van der Waals surface area contributed by atoms with E-state index in [9.17, 15) is 13.2 Å². The number of sulfonamides is 1. The summed E-state index contributed by atoms with van der Waals surface area (Å²) in [6, 6.07) is 11.6. The first-order chi connectivity index (χ1) is 14.9. The molecule has 0 unspecified atom stereocenters. The van der Waals surface area contributed by atoms with Crippen molar-refractivity contribution in [2.75, 3.05) is 26.5 Å². The zero-order valence-electron chi connectivity index (χ0n) is 18.3. The van der Waals surface area contributed by atoms with Gasteiger partial charge in [0.05, 0.1) is 17.6 Å². The molecule has 1 heterocycles. The normalized spacial score (nSPS) is 15.9. The molecule has 2 aromatic carbocycles. The predicted octanol–water partition coefficient (Wildman–Crippen LogP) is 4.47. The largest absolute Gasteiger partial charge is 0.496 e. The summed E-state index contributed by atoms with van der Waals surface area (Å²) in [7, 11) is -2.28. The fraction of sp³-hybridized carbons (Fsp3) is 0.435. The second-order valence-corrected chi connectivity index (χ2v) is 10.2. The molecule has 168 valence electrons. The molecule has 0 aromatic heterocycles. The van der Waals surface area contributed by atoms with Gasteiger partial charge in [-0.1, -0.05) is 31.0 Å². The molecule has 0 radical (unpaired) electrons. The summed E-state index contributed by atoms with van der Waals surface area (Å²) in [5.74, 6) is 0.522. The first kappa shape index (κ1) is 23.6. The Bertz CT molecular complexity index is 1020. The van der Waals surface area contributed by atoms with E-state index in [0.29, 0.717) is 24.4 Å². The number of nitrogens with one attached hydrogen (secondary N) is 1. The number of carbonyl (C=O) groups excluding carboxylic acids is 1. The van der Waals surface area contributed by atoms with E-state index in [1.807, 2.05) is 29.4 Å². The van der Waals surface area contributed by atoms with Crippen molar-refractivity contribution in [3.63, 3.8) is 0 Å². The number of thioether (sulfide) groups is 1. The van der Waals surface area contributed by atoms with E-state index in [4.69, 9.17) is 4.74 Å². The summed E-state index contributed by atoms with van der Waals surface area (Å²) in [5, 5.41) is 0. The van der Waals surface area contributed by atoms with Crippen LogP contribution in [0.1, 0.15) is 54.6 Å². The summed E-state index contributed by atoms with van der Waals surface area (Å²) in [6.07, 6.45) is 6.11. The molecule has 0 spiro atoms. The van der Waals surface area contributed by atoms with Gasteiger partial charge >= 0.3 is 0 Å². The van der Waals surface area contributed by atoms with Crippen LogP contribution in [0.25, 0.3) is 0 Å². The number of amides is 1. The highest BCUT2D eigenvalue weighted by Gasteiger charge is 2.25. The topological polar surface area (TPSA) is 75.7 Å². The smallest absolute Gasteiger partial charge is 0.255 e. The van der Waals surface area contributed by atoms with E-state index < -0.39 is 16.1 Å². The van der Waals surface area contributed by atoms with Crippen molar-refractivity contribution in [2.45, 2.75) is 48.4 Å². The Morgan fingerprint density at radius 1 is 1.10 bits per heavy atom. The number of ether oxygens (including phenoxy) is 1. The number of rotatable bonds is 7. The molecular weight excluding hydrogens is 432 g/mol. The van der Waals surface area contributed by atoms with Crippen molar-refractivity contribution < 1.29 is 17.9 Å². The fourth-order valence-corrected chi connectivity index (χ4v) is 5.67. The Hall–Kier alpha value is -2.03. The highest BCUT2D eigenvalue weighted by atomic mass is 32.2. The van der Waals surface area contributed by atoms with E-state index in [-0.39, 0.29) is 10.8 Å². The lowest BCUT2D eigenvalue weighted by atomic mass is 10.1. The Morgan fingerprint density at radius 2 is 1.77 bits per heavy atom. The SMILES string of the molecule is COc1ccccc1[C@H](C)NS(=O)(=O)c1ccc(SC)c(C(=O)N2CCCCCC2)c1. The van der Waals surface area contributed by atoms with Gasteiger partial charge in [0, 0.05) is 29.6 Å². The van der Waals surface area contributed by atoms with Crippen molar-refractivity contribution >= 4 is 27.7 Å². The molecule has 1 aliphatic rings. The average molecular weight is 463 g/mol. The number of nitrogens with zero attached hydrogens (tertiary/aromatic N) is 1. The molecule has 1 aliphatic heterocycles. The Kier molecular flexibility index (Phi) is 8.02. The van der Waals surface area contributed by atoms with Crippen molar-refractivity contribution in [1.82, 2.24) is 9.62 Å². The van der Waals surface area contributed by atoms with Gasteiger partial charge < -0.3 is 9.64 Å². The zero-order valence-corrected chi connectivity index (χ0v) is 19.9. The standard InChI is InChI=1S/C23H30N2O4S2/c1-17(19-10-6-7-11-21(19)29-2)24-31(27,28)18-12-13-22(30-3)20(16-18)23(26)25-14-8-4-5-9-15-25/h6-7,10-13,16-17,24H,4-5,8-9,14-15H2,1-3H3/t17-/m0/s1. The minimum Gasteiger partial charge on any atom is -0.496 e. The van der Waals surface area contributed by atoms with Gasteiger partial charge in [0.1, 0.15) is 5.75 Å². The minimum atomic E-state index is -3.84. The Balaban J connectivity index is 1.89. The minimum absolute atomic E-state index is 0.0882. The van der Waals surface area contributed by atoms with Crippen molar-refractivity contribution in [1.29, 1.82) is 0 Å². The second kappa shape index (κ2) is 10.5. The van der Waals surface area contributed by atoms with Crippen molar-refractivity contribution in [2.24, 2.45) is 0 Å². The van der Waals surface area contributed by atoms with E-state index >= 15 is 0 Å². The van der Waals surface area contributed by atoms with Gasteiger partial charge in [-0.2, -0.15) is 0 Å². The summed E-state index contributed by atoms with van der Waals surface area (Å²) >= 11 is 1.45. The van der Waals surface area contributed by atoms with Crippen LogP contribution in [0.3, 0.4) is 0 Å². The van der Waals surface area contributed by atoms with Gasteiger partial charge in [-0.05, 0) is 50.3 Å². The van der Waals surface area contributed by atoms with E-state index in [1.54, 1.807) is 32.2 Å². The third-order valence-corrected chi connectivity index (χ3v) is 7.88. The van der Waals surface area contributed by atoms with Gasteiger partial charge in [0.2, 0.25) is 10.0 Å². The lowest BCUT2D eigenvalue weighted by Gasteiger charge is -2.22. The molecule has 6 nitrogen and oxygen atoms in total. The second-order valence-electron chi connectivity index (χ2n) is 7.65. The Labute approximate surface area is 189 Å². The first-order valence-corrected chi connectivity index (χ1v) is 13.2. The number of hydrogen-bond donors (Lipinski definition) is 1. The number of para-hydroxylation sites is 1. The number of carbonyl (C=O) groups is 1. The molecule has 0 bridgehead atoms. The van der Waals surface area contributed by atoms with Crippen LogP contribution >= 0.6 is 11.8 Å². The van der Waals surface area contributed by atoms with Crippen LogP contribution in [0.15, 0.2) is 52.3 Å². The summed E-state index contributed by atoms with van der Waals surface area (Å²) in [4.78, 5) is 15.9. The maximum absolute atomic E-state index is 13.2. The molecule has 2 aromatic rings. The van der Waals surface area contributed by atoms with Crippen LogP contribution in [-0.4, -0.2) is 45.7 Å². The monoisotopic (exact) mass is 462 g/mol. The van der Waals surface area contributed by atoms with Crippen molar-refractivity contribution in [3.8, 4) is 5.75 Å². The van der Waals surface area contributed by atoms with Gasteiger partial charge in [0.15, 0.2) is 0 Å². The summed E-state index contributed by atoms with van der Waals surface area (Å²) in [6.45, 7) is 3.20. The maximum Gasteiger partial charge on any atom is 0.255 e. The molecule has 1 atom stereocenters. The summed E-state index contributed by atoms with van der Waals surface area (Å²) in [5.41, 5.74) is 1.19. The Morgan fingerprint density at radius 3 is 2.42 bits per heavy atom. The molecule has 1 amide bonds. The zero-order chi connectivity index (χ0) is 22.4. The quantitative estimate of drug-likeness (QED) is 0.615. The molecule has 0 aliphatic carbocycles. The fourth-order valence-electron chi connectivity index (χ4n) is 3.85. The highest BCUT2D eigenvalue weighted by molar-refractivity contribution is 7.98. The van der Waals surface area contributed by atoms with Gasteiger partial charge in [-0.15, -0.1) is 11.8 Å². The molecule has 31 heavy (non-hydrogen) atoms. The van der Waals surface area contributed by atoms with Crippen molar-refractivity contribution in [3.05, 3.63) is 53.6 Å². The third kappa shape index (κ3) is 5.61. The summed E-state index contributed by atoms with van der Waals surface area (Å²) < 4.78 is 34.3. The molecule has 3 rings (SSSR count). The molecular formula is C23H30N2O4S2. The lowest BCUT2D eigenvalue weighted by molar-refractivity contribution is 0.0758. The van der Waals surface area contributed by atoms with Crippen LogP contribution in [0.4, 0.5) is 0 Å². The van der Waals surface area contributed by atoms with E-state index in [1.165, 1.54) is 17.8 Å².